The summed E-state index contributed by atoms with van der Waals surface area (Å²) < 4.78 is 10.7. The molecule has 0 radical (unpaired) electrons. The first-order valence-corrected chi connectivity index (χ1v) is 5.80. The van der Waals surface area contributed by atoms with Gasteiger partial charge in [-0.3, -0.25) is 10.1 Å². The van der Waals surface area contributed by atoms with Gasteiger partial charge in [-0.25, -0.2) is 0 Å². The van der Waals surface area contributed by atoms with E-state index < -0.39 is 4.92 Å². The van der Waals surface area contributed by atoms with Crippen LogP contribution in [0.5, 0.6) is 11.5 Å². The van der Waals surface area contributed by atoms with Crippen LogP contribution in [0.15, 0.2) is 18.3 Å². The number of terminal acetylenes is 1. The lowest BCUT2D eigenvalue weighted by Crippen LogP contribution is -2.00. The lowest BCUT2D eigenvalue weighted by Gasteiger charge is -2.12. The molecule has 0 aliphatic rings. The Balaban J connectivity index is 3.13. The molecule has 0 bridgehead atoms. The highest BCUT2D eigenvalue weighted by Gasteiger charge is 2.11. The third kappa shape index (κ3) is 4.53. The van der Waals surface area contributed by atoms with Crippen molar-refractivity contribution in [1.29, 1.82) is 0 Å². The van der Waals surface area contributed by atoms with Crippen LogP contribution in [0.3, 0.4) is 0 Å². The molecule has 0 aliphatic carbocycles. The van der Waals surface area contributed by atoms with Gasteiger partial charge in [0.1, 0.15) is 6.61 Å². The predicted octanol–water partition coefficient (Wildman–Crippen LogP) is 3.00. The van der Waals surface area contributed by atoms with E-state index >= 15 is 0 Å². The third-order valence-electron chi connectivity index (χ3n) is 2.02. The van der Waals surface area contributed by atoms with Gasteiger partial charge in [0, 0.05) is 6.08 Å². The summed E-state index contributed by atoms with van der Waals surface area (Å²) in [6.07, 6.45) is 7.26. The van der Waals surface area contributed by atoms with E-state index in [0.717, 1.165) is 6.20 Å². The summed E-state index contributed by atoms with van der Waals surface area (Å²) >= 11 is 6.04. The molecule has 100 valence electrons. The highest BCUT2D eigenvalue weighted by molar-refractivity contribution is 6.32. The molecule has 6 heteroatoms. The van der Waals surface area contributed by atoms with Crippen LogP contribution >= 0.6 is 11.6 Å². The zero-order valence-electron chi connectivity index (χ0n) is 10.3. The van der Waals surface area contributed by atoms with Crippen LogP contribution in [-0.4, -0.2) is 18.1 Å². The van der Waals surface area contributed by atoms with Gasteiger partial charge in [-0.1, -0.05) is 17.5 Å². The van der Waals surface area contributed by atoms with Crippen LogP contribution in [0.25, 0.3) is 6.08 Å². The summed E-state index contributed by atoms with van der Waals surface area (Å²) in [5.41, 5.74) is 0.540. The van der Waals surface area contributed by atoms with E-state index in [1.165, 1.54) is 12.1 Å². The molecule has 0 saturated carbocycles. The molecule has 5 nitrogen and oxygen atoms in total. The molecular weight excluding hydrogens is 270 g/mol. The van der Waals surface area contributed by atoms with E-state index in [1.807, 2.05) is 0 Å². The average Bonchev–Trinajstić information content (AvgIpc) is 2.36. The lowest BCUT2D eigenvalue weighted by atomic mass is 10.2. The number of nitro groups is 1. The quantitative estimate of drug-likeness (QED) is 0.457. The van der Waals surface area contributed by atoms with Crippen molar-refractivity contribution in [2.45, 2.75) is 6.92 Å². The number of halogens is 1. The molecule has 1 aromatic carbocycles. The Morgan fingerprint density at radius 1 is 1.53 bits per heavy atom. The van der Waals surface area contributed by atoms with Gasteiger partial charge >= 0.3 is 0 Å². The first-order valence-electron chi connectivity index (χ1n) is 5.42. The summed E-state index contributed by atoms with van der Waals surface area (Å²) in [4.78, 5) is 9.73. The maximum atomic E-state index is 10.3. The standard InChI is InChI=1S/C13H12ClNO4/c1-3-7-19-13-11(14)8-10(5-6-15(16)17)9-12(13)18-4-2/h1,5-6,8-9H,4,7H2,2H3/b6-5+. The number of nitrogens with zero attached hydrogens (tertiary/aromatic N) is 1. The fourth-order valence-electron chi connectivity index (χ4n) is 1.35. The van der Waals surface area contributed by atoms with Crippen LogP contribution < -0.4 is 9.47 Å². The van der Waals surface area contributed by atoms with Gasteiger partial charge in [-0.05, 0) is 24.6 Å². The molecule has 0 atom stereocenters. The van der Waals surface area contributed by atoms with Gasteiger partial charge in [0.15, 0.2) is 11.5 Å². The van der Waals surface area contributed by atoms with Crippen molar-refractivity contribution in [2.24, 2.45) is 0 Å². The zero-order chi connectivity index (χ0) is 14.3. The topological polar surface area (TPSA) is 61.6 Å². The Bertz CT molecular complexity index is 534. The van der Waals surface area contributed by atoms with Crippen molar-refractivity contribution in [3.05, 3.63) is 39.0 Å². The highest BCUT2D eigenvalue weighted by atomic mass is 35.5. The van der Waals surface area contributed by atoms with Crippen molar-refractivity contribution in [3.8, 4) is 23.8 Å². The van der Waals surface area contributed by atoms with Crippen LogP contribution in [0.2, 0.25) is 5.02 Å². The van der Waals surface area contributed by atoms with Crippen molar-refractivity contribution < 1.29 is 14.4 Å². The van der Waals surface area contributed by atoms with Crippen molar-refractivity contribution in [2.75, 3.05) is 13.2 Å². The van der Waals surface area contributed by atoms with E-state index in [-0.39, 0.29) is 11.6 Å². The van der Waals surface area contributed by atoms with Crippen LogP contribution in [-0.2, 0) is 0 Å². The van der Waals surface area contributed by atoms with E-state index in [1.54, 1.807) is 13.0 Å². The maximum absolute atomic E-state index is 10.3. The fourth-order valence-corrected chi connectivity index (χ4v) is 1.62. The lowest BCUT2D eigenvalue weighted by molar-refractivity contribution is -0.400. The summed E-state index contributed by atoms with van der Waals surface area (Å²) in [7, 11) is 0. The molecule has 0 unspecified atom stereocenters. The van der Waals surface area contributed by atoms with Crippen LogP contribution in [0.4, 0.5) is 0 Å². The van der Waals surface area contributed by atoms with Crippen molar-refractivity contribution >= 4 is 17.7 Å². The number of hydrogen-bond donors (Lipinski definition) is 0. The molecule has 0 N–H and O–H groups in total. The van der Waals surface area contributed by atoms with Gasteiger partial charge in [-0.2, -0.15) is 0 Å². The third-order valence-corrected chi connectivity index (χ3v) is 2.30. The van der Waals surface area contributed by atoms with Gasteiger partial charge in [-0.15, -0.1) is 6.42 Å². The maximum Gasteiger partial charge on any atom is 0.235 e. The summed E-state index contributed by atoms with van der Waals surface area (Å²) in [5.74, 6) is 3.06. The van der Waals surface area contributed by atoms with Gasteiger partial charge < -0.3 is 9.47 Å². The zero-order valence-corrected chi connectivity index (χ0v) is 11.0. The largest absolute Gasteiger partial charge is 0.490 e. The minimum atomic E-state index is -0.559. The molecule has 0 saturated heterocycles. The molecule has 19 heavy (non-hydrogen) atoms. The van der Waals surface area contributed by atoms with E-state index in [0.29, 0.717) is 23.7 Å². The van der Waals surface area contributed by atoms with Gasteiger partial charge in [0.05, 0.1) is 16.6 Å². The van der Waals surface area contributed by atoms with E-state index in [4.69, 9.17) is 27.5 Å². The Morgan fingerprint density at radius 2 is 2.26 bits per heavy atom. The fraction of sp³-hybridized carbons (Fsp3) is 0.231. The van der Waals surface area contributed by atoms with Gasteiger partial charge in [0.2, 0.25) is 6.20 Å². The molecule has 1 aromatic rings. The van der Waals surface area contributed by atoms with E-state index in [2.05, 4.69) is 5.92 Å². The SMILES string of the molecule is C#CCOc1c(Cl)cc(/C=C/[N+](=O)[O-])cc1OCC. The van der Waals surface area contributed by atoms with Gasteiger partial charge in [0.25, 0.3) is 0 Å². The Kier molecular flexibility index (Phi) is 5.71. The van der Waals surface area contributed by atoms with Crippen LogP contribution in [0.1, 0.15) is 12.5 Å². The molecule has 0 spiro atoms. The van der Waals surface area contributed by atoms with Crippen LogP contribution in [0, 0.1) is 22.5 Å². The molecular formula is C13H12ClNO4. The number of benzene rings is 1. The Hall–Kier alpha value is -2.19. The summed E-state index contributed by atoms with van der Waals surface area (Å²) in [6.45, 7) is 2.27. The molecule has 0 amide bonds. The number of rotatable bonds is 6. The Morgan fingerprint density at radius 3 is 2.84 bits per heavy atom. The smallest absolute Gasteiger partial charge is 0.235 e. The van der Waals surface area contributed by atoms with Crippen molar-refractivity contribution in [1.82, 2.24) is 0 Å². The second-order valence-electron chi connectivity index (χ2n) is 3.36. The summed E-state index contributed by atoms with van der Waals surface area (Å²) in [6, 6.07) is 3.14. The molecule has 0 fully saturated rings. The van der Waals surface area contributed by atoms with Crippen molar-refractivity contribution in [3.63, 3.8) is 0 Å². The molecule has 0 heterocycles. The summed E-state index contributed by atoms with van der Waals surface area (Å²) in [5, 5.41) is 10.6. The first-order chi connectivity index (χ1) is 9.08. The first kappa shape index (κ1) is 14.9. The van der Waals surface area contributed by atoms with E-state index in [9.17, 15) is 10.1 Å². The monoisotopic (exact) mass is 281 g/mol. The number of ether oxygens (including phenoxy) is 2. The predicted molar refractivity (Wildman–Crippen MR) is 73.0 cm³/mol. The number of hydrogen-bond acceptors (Lipinski definition) is 4. The molecule has 0 aliphatic heterocycles. The molecule has 1 rings (SSSR count). The normalized spacial score (nSPS) is 10.2. The Labute approximate surface area is 115 Å². The minimum Gasteiger partial charge on any atom is -0.490 e. The molecule has 0 aromatic heterocycles. The average molecular weight is 282 g/mol. The second kappa shape index (κ2) is 7.29. The second-order valence-corrected chi connectivity index (χ2v) is 3.76. The highest BCUT2D eigenvalue weighted by Crippen LogP contribution is 2.37. The minimum absolute atomic E-state index is 0.0594.